The predicted molar refractivity (Wildman–Crippen MR) is 129 cm³/mol. The normalized spacial score (nSPS) is 12.7. The molecular formula is C25H52O7. The standard InChI is InChI=1S/C10H20O3.C10H22O2.C5H10O2/c1-6-9(2,3)7-10(4,5)8(11)13-12;1-7-9(3,4)11-12-10(5,6)8-2;1-5(2,3)4(6)7/h12H,6-7H2,1-5H3;7-8H2,1-6H3;1-3H3,(H,6,7). The fourth-order valence-electron chi connectivity index (χ4n) is 1.86. The number of carbonyl (C=O) groups excluding carboxylic acids is 1. The van der Waals surface area contributed by atoms with Gasteiger partial charge in [-0.1, -0.05) is 41.0 Å². The van der Waals surface area contributed by atoms with Crippen molar-refractivity contribution in [3.63, 3.8) is 0 Å². The van der Waals surface area contributed by atoms with E-state index in [9.17, 15) is 9.59 Å². The Morgan fingerprint density at radius 3 is 1.19 bits per heavy atom. The minimum Gasteiger partial charge on any atom is -0.481 e. The molecule has 0 spiro atoms. The quantitative estimate of drug-likeness (QED) is 0.273. The van der Waals surface area contributed by atoms with Gasteiger partial charge in [-0.25, -0.2) is 14.6 Å². The molecule has 0 radical (unpaired) electrons. The minimum atomic E-state index is -0.757. The van der Waals surface area contributed by atoms with Gasteiger partial charge in [-0.3, -0.25) is 4.79 Å². The number of aliphatic carboxylic acids is 1. The first-order valence-electron chi connectivity index (χ1n) is 11.5. The molecule has 7 nitrogen and oxygen atoms in total. The van der Waals surface area contributed by atoms with Gasteiger partial charge in [-0.15, -0.1) is 0 Å². The van der Waals surface area contributed by atoms with E-state index in [1.165, 1.54) is 0 Å². The van der Waals surface area contributed by atoms with Crippen LogP contribution in [0.25, 0.3) is 0 Å². The topological polar surface area (TPSA) is 102 Å². The van der Waals surface area contributed by atoms with Crippen molar-refractivity contribution in [3.8, 4) is 0 Å². The van der Waals surface area contributed by atoms with Crippen LogP contribution in [0.2, 0.25) is 0 Å². The molecule has 0 rings (SSSR count). The molecule has 0 unspecified atom stereocenters. The summed E-state index contributed by atoms with van der Waals surface area (Å²) in [6, 6.07) is 0. The highest BCUT2D eigenvalue weighted by Crippen LogP contribution is 2.36. The second kappa shape index (κ2) is 14.2. The van der Waals surface area contributed by atoms with Crippen LogP contribution in [-0.4, -0.2) is 33.5 Å². The molecule has 0 aliphatic carbocycles. The lowest BCUT2D eigenvalue weighted by atomic mass is 9.74. The van der Waals surface area contributed by atoms with Gasteiger partial charge < -0.3 is 9.99 Å². The molecule has 0 saturated carbocycles. The number of carboxylic acid groups (broad SMARTS) is 1. The van der Waals surface area contributed by atoms with E-state index in [4.69, 9.17) is 20.1 Å². The van der Waals surface area contributed by atoms with Crippen LogP contribution in [0.3, 0.4) is 0 Å². The van der Waals surface area contributed by atoms with Crippen LogP contribution in [0.15, 0.2) is 0 Å². The number of carbonyl (C=O) groups is 2. The third kappa shape index (κ3) is 18.4. The van der Waals surface area contributed by atoms with E-state index >= 15 is 0 Å². The molecule has 2 N–H and O–H groups in total. The predicted octanol–water partition coefficient (Wildman–Crippen LogP) is 7.28. The van der Waals surface area contributed by atoms with Crippen molar-refractivity contribution >= 4 is 11.9 Å². The van der Waals surface area contributed by atoms with Crippen molar-refractivity contribution in [3.05, 3.63) is 0 Å². The molecule has 0 atom stereocenters. The Labute approximate surface area is 197 Å². The summed E-state index contributed by atoms with van der Waals surface area (Å²) in [6.07, 6.45) is 3.60. The van der Waals surface area contributed by atoms with Gasteiger partial charge in [0.25, 0.3) is 0 Å². The molecule has 32 heavy (non-hydrogen) atoms. The van der Waals surface area contributed by atoms with Gasteiger partial charge in [-0.05, 0) is 87.0 Å². The smallest absolute Gasteiger partial charge is 0.347 e. The van der Waals surface area contributed by atoms with Gasteiger partial charge >= 0.3 is 11.9 Å². The van der Waals surface area contributed by atoms with Gasteiger partial charge in [0.15, 0.2) is 0 Å². The van der Waals surface area contributed by atoms with E-state index < -0.39 is 22.8 Å². The molecule has 7 heteroatoms. The summed E-state index contributed by atoms with van der Waals surface area (Å²) in [7, 11) is 0. The molecule has 0 aromatic rings. The summed E-state index contributed by atoms with van der Waals surface area (Å²) in [5.41, 5.74) is -1.45. The lowest BCUT2D eigenvalue weighted by Crippen LogP contribution is -2.31. The van der Waals surface area contributed by atoms with Crippen LogP contribution in [0.5, 0.6) is 0 Å². The van der Waals surface area contributed by atoms with Crippen molar-refractivity contribution < 1.29 is 34.6 Å². The van der Waals surface area contributed by atoms with Gasteiger partial charge in [0.2, 0.25) is 0 Å². The van der Waals surface area contributed by atoms with E-state index in [0.717, 1.165) is 19.3 Å². The molecule has 0 aromatic carbocycles. The van der Waals surface area contributed by atoms with E-state index in [0.29, 0.717) is 6.42 Å². The highest BCUT2D eigenvalue weighted by molar-refractivity contribution is 5.75. The molecule has 0 saturated heterocycles. The average molecular weight is 465 g/mol. The molecule has 0 aromatic heterocycles. The van der Waals surface area contributed by atoms with Gasteiger partial charge in [0.05, 0.1) is 22.0 Å². The molecule has 0 fully saturated rings. The Morgan fingerprint density at radius 2 is 1.00 bits per heavy atom. The molecule has 0 aliphatic heterocycles. The Morgan fingerprint density at radius 1 is 0.688 bits per heavy atom. The number of rotatable bonds is 9. The summed E-state index contributed by atoms with van der Waals surface area (Å²) >= 11 is 0. The first-order valence-corrected chi connectivity index (χ1v) is 11.5. The van der Waals surface area contributed by atoms with Crippen molar-refractivity contribution in [2.45, 2.75) is 134 Å². The third-order valence-electron chi connectivity index (χ3n) is 5.35. The zero-order valence-corrected chi connectivity index (χ0v) is 23.3. The summed E-state index contributed by atoms with van der Waals surface area (Å²) in [5.74, 6) is -1.32. The number of carboxylic acids is 1. The molecule has 0 aliphatic rings. The lowest BCUT2D eigenvalue weighted by Gasteiger charge is -2.31. The van der Waals surface area contributed by atoms with Crippen molar-refractivity contribution in [2.75, 3.05) is 0 Å². The van der Waals surface area contributed by atoms with Crippen LogP contribution >= 0.6 is 0 Å². The fourth-order valence-corrected chi connectivity index (χ4v) is 1.86. The Bertz CT molecular complexity index is 525. The second-order valence-corrected chi connectivity index (χ2v) is 11.9. The third-order valence-corrected chi connectivity index (χ3v) is 5.35. The molecular weight excluding hydrogens is 412 g/mol. The monoisotopic (exact) mass is 464 g/mol. The average Bonchev–Trinajstić information content (AvgIpc) is 2.65. The lowest BCUT2D eigenvalue weighted by molar-refractivity contribution is -0.401. The number of hydrogen-bond acceptors (Lipinski definition) is 6. The van der Waals surface area contributed by atoms with E-state index in [1.54, 1.807) is 34.6 Å². The molecule has 194 valence electrons. The molecule has 0 amide bonds. The Kier molecular flexibility index (Phi) is 15.7. The zero-order valence-electron chi connectivity index (χ0n) is 23.3. The van der Waals surface area contributed by atoms with Crippen molar-refractivity contribution in [1.82, 2.24) is 0 Å². The van der Waals surface area contributed by atoms with Gasteiger partial charge in [-0.2, -0.15) is 5.26 Å². The van der Waals surface area contributed by atoms with E-state index in [-0.39, 0.29) is 16.6 Å². The van der Waals surface area contributed by atoms with Crippen LogP contribution in [-0.2, 0) is 24.3 Å². The number of hydrogen-bond donors (Lipinski definition) is 2. The SMILES string of the molecule is CC(C)(C)C(=O)O.CCC(C)(C)CC(C)(C)C(=O)OO.CCC(C)(C)OOC(C)(C)CC. The Hall–Kier alpha value is -1.18. The van der Waals surface area contributed by atoms with Gasteiger partial charge in [0, 0.05) is 0 Å². The van der Waals surface area contributed by atoms with Crippen molar-refractivity contribution in [1.29, 1.82) is 0 Å². The highest BCUT2D eigenvalue weighted by Gasteiger charge is 2.35. The van der Waals surface area contributed by atoms with Crippen LogP contribution in [0.1, 0.15) is 123 Å². The first kappa shape index (κ1) is 35.4. The Balaban J connectivity index is -0.000000412. The fraction of sp³-hybridized carbons (Fsp3) is 0.920. The zero-order chi connectivity index (χ0) is 26.6. The molecule has 0 bridgehead atoms. The second-order valence-electron chi connectivity index (χ2n) is 11.9. The van der Waals surface area contributed by atoms with Crippen molar-refractivity contribution in [2.24, 2.45) is 16.2 Å². The maximum Gasteiger partial charge on any atom is 0.347 e. The maximum atomic E-state index is 11.2. The van der Waals surface area contributed by atoms with E-state index in [1.807, 2.05) is 27.7 Å². The highest BCUT2D eigenvalue weighted by atomic mass is 17.2. The summed E-state index contributed by atoms with van der Waals surface area (Å²) in [4.78, 5) is 35.6. The summed E-state index contributed by atoms with van der Waals surface area (Å²) < 4.78 is 0. The van der Waals surface area contributed by atoms with Gasteiger partial charge in [0.1, 0.15) is 0 Å². The van der Waals surface area contributed by atoms with Crippen LogP contribution < -0.4 is 0 Å². The minimum absolute atomic E-state index is 0.0949. The first-order chi connectivity index (χ1) is 14.0. The molecule has 0 heterocycles. The maximum absolute atomic E-state index is 11.2. The summed E-state index contributed by atoms with van der Waals surface area (Å²) in [5, 5.41) is 16.5. The van der Waals surface area contributed by atoms with Crippen LogP contribution in [0, 0.1) is 16.2 Å². The summed E-state index contributed by atoms with van der Waals surface area (Å²) in [6.45, 7) is 27.1. The van der Waals surface area contributed by atoms with E-state index in [2.05, 4.69) is 39.5 Å². The van der Waals surface area contributed by atoms with Crippen LogP contribution in [0.4, 0.5) is 0 Å². The largest absolute Gasteiger partial charge is 0.481 e.